The van der Waals surface area contributed by atoms with Crippen LogP contribution in [0.2, 0.25) is 0 Å². The number of benzene rings is 1. The fraction of sp³-hybridized carbons (Fsp3) is 0.600. The van der Waals surface area contributed by atoms with Crippen molar-refractivity contribution in [3.63, 3.8) is 0 Å². The predicted octanol–water partition coefficient (Wildman–Crippen LogP) is 1.03. The molecule has 1 heterocycles. The van der Waals surface area contributed by atoms with Crippen molar-refractivity contribution < 1.29 is 13.2 Å². The summed E-state index contributed by atoms with van der Waals surface area (Å²) in [6, 6.07) is 7.18. The molecule has 6 heteroatoms. The third kappa shape index (κ3) is 4.03. The fourth-order valence-corrected chi connectivity index (χ4v) is 4.09. The number of hydrogen-bond donors (Lipinski definition) is 1. The lowest BCUT2D eigenvalue weighted by Crippen LogP contribution is -2.39. The van der Waals surface area contributed by atoms with Crippen LogP contribution >= 0.6 is 0 Å². The zero-order chi connectivity index (χ0) is 15.5. The third-order valence-electron chi connectivity index (χ3n) is 4.11. The van der Waals surface area contributed by atoms with E-state index in [9.17, 15) is 8.42 Å². The van der Waals surface area contributed by atoms with Crippen LogP contribution in [-0.4, -0.2) is 51.4 Å². The van der Waals surface area contributed by atoms with E-state index in [1.165, 1.54) is 0 Å². The van der Waals surface area contributed by atoms with E-state index in [4.69, 9.17) is 10.5 Å². The predicted molar refractivity (Wildman–Crippen MR) is 82.8 cm³/mol. The molecule has 0 amide bonds. The maximum absolute atomic E-state index is 12.4. The lowest BCUT2D eigenvalue weighted by molar-refractivity contribution is 0.0856. The van der Waals surface area contributed by atoms with Gasteiger partial charge in [0.25, 0.3) is 0 Å². The number of ether oxygens (including phenoxy) is 1. The van der Waals surface area contributed by atoms with E-state index in [1.807, 2.05) is 20.0 Å². The van der Waals surface area contributed by atoms with E-state index in [-0.39, 0.29) is 11.9 Å². The summed E-state index contributed by atoms with van der Waals surface area (Å²) in [6.07, 6.45) is 1.12. The Morgan fingerprint density at radius 3 is 2.81 bits per heavy atom. The SMILES string of the molecule is CC1OCCC1N(C)CCS(=O)(=O)c1cccc(CN)c1. The minimum Gasteiger partial charge on any atom is -0.377 e. The van der Waals surface area contributed by atoms with Gasteiger partial charge in [0, 0.05) is 25.7 Å². The molecule has 21 heavy (non-hydrogen) atoms. The monoisotopic (exact) mass is 312 g/mol. The Bertz CT molecular complexity index is 574. The Morgan fingerprint density at radius 2 is 2.19 bits per heavy atom. The molecule has 1 aromatic carbocycles. The Kier molecular flexibility index (Phi) is 5.37. The van der Waals surface area contributed by atoms with Gasteiger partial charge in [-0.25, -0.2) is 8.42 Å². The molecular formula is C15H24N2O3S. The molecule has 1 aliphatic rings. The quantitative estimate of drug-likeness (QED) is 0.849. The van der Waals surface area contributed by atoms with Crippen molar-refractivity contribution in [3.05, 3.63) is 29.8 Å². The minimum atomic E-state index is -3.27. The normalized spacial score (nSPS) is 22.9. The van der Waals surface area contributed by atoms with Crippen LogP contribution in [-0.2, 0) is 21.1 Å². The average molecular weight is 312 g/mol. The molecule has 1 saturated heterocycles. The molecule has 1 aromatic rings. The van der Waals surface area contributed by atoms with Gasteiger partial charge >= 0.3 is 0 Å². The second-order valence-corrected chi connectivity index (χ2v) is 7.69. The smallest absolute Gasteiger partial charge is 0.179 e. The van der Waals surface area contributed by atoms with Crippen molar-refractivity contribution in [2.24, 2.45) is 5.73 Å². The molecule has 0 aromatic heterocycles. The number of rotatable bonds is 6. The Morgan fingerprint density at radius 1 is 1.43 bits per heavy atom. The number of sulfone groups is 1. The summed E-state index contributed by atoms with van der Waals surface area (Å²) in [5.74, 6) is 0.112. The molecule has 1 fully saturated rings. The van der Waals surface area contributed by atoms with Crippen molar-refractivity contribution in [1.29, 1.82) is 0 Å². The first kappa shape index (κ1) is 16.4. The van der Waals surface area contributed by atoms with Gasteiger partial charge in [-0.05, 0) is 38.1 Å². The van der Waals surface area contributed by atoms with E-state index in [2.05, 4.69) is 4.90 Å². The number of hydrogen-bond acceptors (Lipinski definition) is 5. The zero-order valence-electron chi connectivity index (χ0n) is 12.7. The zero-order valence-corrected chi connectivity index (χ0v) is 13.5. The molecule has 2 rings (SSSR count). The molecule has 118 valence electrons. The number of likely N-dealkylation sites (N-methyl/N-ethyl adjacent to an activating group) is 1. The molecule has 2 unspecified atom stereocenters. The summed E-state index contributed by atoms with van der Waals surface area (Å²) in [5, 5.41) is 0. The summed E-state index contributed by atoms with van der Waals surface area (Å²) in [4.78, 5) is 2.44. The maximum Gasteiger partial charge on any atom is 0.179 e. The second-order valence-electron chi connectivity index (χ2n) is 5.58. The van der Waals surface area contributed by atoms with Crippen LogP contribution in [0, 0.1) is 0 Å². The van der Waals surface area contributed by atoms with Crippen LogP contribution in [0.1, 0.15) is 18.9 Å². The first-order valence-corrected chi connectivity index (χ1v) is 8.93. The van der Waals surface area contributed by atoms with Crippen molar-refractivity contribution >= 4 is 9.84 Å². The van der Waals surface area contributed by atoms with E-state index in [0.717, 1.165) is 18.6 Å². The fourth-order valence-electron chi connectivity index (χ4n) is 2.71. The highest BCUT2D eigenvalue weighted by atomic mass is 32.2. The molecule has 5 nitrogen and oxygen atoms in total. The molecule has 0 radical (unpaired) electrons. The van der Waals surface area contributed by atoms with Crippen LogP contribution in [0.4, 0.5) is 0 Å². The first-order valence-electron chi connectivity index (χ1n) is 7.27. The Labute approximate surface area is 127 Å². The van der Waals surface area contributed by atoms with Gasteiger partial charge in [-0.15, -0.1) is 0 Å². The van der Waals surface area contributed by atoms with Gasteiger partial charge in [-0.1, -0.05) is 12.1 Å². The molecule has 2 atom stereocenters. The Balaban J connectivity index is 2.00. The average Bonchev–Trinajstić information content (AvgIpc) is 2.91. The summed E-state index contributed by atoms with van der Waals surface area (Å²) in [6.45, 7) is 3.64. The van der Waals surface area contributed by atoms with Crippen molar-refractivity contribution in [3.8, 4) is 0 Å². The molecule has 2 N–H and O–H groups in total. The Hall–Kier alpha value is -0.950. The number of nitrogens with zero attached hydrogens (tertiary/aromatic N) is 1. The summed E-state index contributed by atoms with van der Waals surface area (Å²) < 4.78 is 30.3. The summed E-state index contributed by atoms with van der Waals surface area (Å²) in [7, 11) is -1.31. The van der Waals surface area contributed by atoms with E-state index in [0.29, 0.717) is 24.0 Å². The molecular weight excluding hydrogens is 288 g/mol. The topological polar surface area (TPSA) is 72.6 Å². The van der Waals surface area contributed by atoms with E-state index in [1.54, 1.807) is 18.2 Å². The molecule has 0 saturated carbocycles. The van der Waals surface area contributed by atoms with Gasteiger partial charge in [0.1, 0.15) is 0 Å². The van der Waals surface area contributed by atoms with Crippen molar-refractivity contribution in [1.82, 2.24) is 4.90 Å². The van der Waals surface area contributed by atoms with Gasteiger partial charge in [0.15, 0.2) is 9.84 Å². The summed E-state index contributed by atoms with van der Waals surface area (Å²) in [5.41, 5.74) is 6.40. The van der Waals surface area contributed by atoms with Crippen LogP contribution in [0.25, 0.3) is 0 Å². The van der Waals surface area contributed by atoms with Gasteiger partial charge in [-0.3, -0.25) is 4.90 Å². The van der Waals surface area contributed by atoms with Crippen molar-refractivity contribution in [2.45, 2.75) is 36.9 Å². The van der Waals surface area contributed by atoms with Gasteiger partial charge < -0.3 is 10.5 Å². The van der Waals surface area contributed by atoms with Crippen molar-refractivity contribution in [2.75, 3.05) is 26.0 Å². The highest BCUT2D eigenvalue weighted by Gasteiger charge is 2.28. The largest absolute Gasteiger partial charge is 0.377 e. The van der Waals surface area contributed by atoms with Gasteiger partial charge in [0.05, 0.1) is 16.8 Å². The van der Waals surface area contributed by atoms with E-state index >= 15 is 0 Å². The van der Waals surface area contributed by atoms with Crippen LogP contribution < -0.4 is 5.73 Å². The molecule has 1 aliphatic heterocycles. The van der Waals surface area contributed by atoms with Crippen LogP contribution in [0.3, 0.4) is 0 Å². The second kappa shape index (κ2) is 6.87. The lowest BCUT2D eigenvalue weighted by Gasteiger charge is -2.26. The molecule has 0 aliphatic carbocycles. The van der Waals surface area contributed by atoms with Gasteiger partial charge in [0.2, 0.25) is 0 Å². The minimum absolute atomic E-state index is 0.112. The summed E-state index contributed by atoms with van der Waals surface area (Å²) >= 11 is 0. The standard InChI is InChI=1S/C15H24N2O3S/c1-12-15(6-8-20-12)17(2)7-9-21(18,19)14-5-3-4-13(10-14)11-16/h3-5,10,12,15H,6-9,11,16H2,1-2H3. The van der Waals surface area contributed by atoms with Gasteiger partial charge in [-0.2, -0.15) is 0 Å². The highest BCUT2D eigenvalue weighted by Crippen LogP contribution is 2.19. The molecule has 0 bridgehead atoms. The molecule has 0 spiro atoms. The maximum atomic E-state index is 12.4. The highest BCUT2D eigenvalue weighted by molar-refractivity contribution is 7.91. The first-order chi connectivity index (χ1) is 9.94. The van der Waals surface area contributed by atoms with Crippen LogP contribution in [0.5, 0.6) is 0 Å². The number of nitrogens with two attached hydrogens (primary N) is 1. The lowest BCUT2D eigenvalue weighted by atomic mass is 10.1. The van der Waals surface area contributed by atoms with E-state index < -0.39 is 9.84 Å². The van der Waals surface area contributed by atoms with Crippen LogP contribution in [0.15, 0.2) is 29.2 Å². The third-order valence-corrected chi connectivity index (χ3v) is 5.80.